The Hall–Kier alpha value is -0.890. The summed E-state index contributed by atoms with van der Waals surface area (Å²) in [6.07, 6.45) is 1.28. The van der Waals surface area contributed by atoms with Crippen molar-refractivity contribution in [3.8, 4) is 0 Å². The van der Waals surface area contributed by atoms with Crippen molar-refractivity contribution in [2.75, 3.05) is 39.2 Å². The van der Waals surface area contributed by atoms with Gasteiger partial charge in [0.05, 0.1) is 11.6 Å². The zero-order valence-corrected chi connectivity index (χ0v) is 12.8. The number of hydrogen-bond donors (Lipinski definition) is 1. The molecule has 0 aliphatic rings. The van der Waals surface area contributed by atoms with Crippen molar-refractivity contribution < 1.29 is 13.2 Å². The van der Waals surface area contributed by atoms with Gasteiger partial charge in [-0.25, -0.2) is 13.4 Å². The Labute approximate surface area is 118 Å². The van der Waals surface area contributed by atoms with Crippen LogP contribution in [0.2, 0.25) is 5.02 Å². The quantitative estimate of drug-likeness (QED) is 0.772. The first-order chi connectivity index (χ1) is 8.93. The van der Waals surface area contributed by atoms with Gasteiger partial charge in [-0.1, -0.05) is 11.6 Å². The minimum absolute atomic E-state index is 0.0653. The lowest BCUT2D eigenvalue weighted by molar-refractivity contribution is 0.138. The third kappa shape index (κ3) is 4.04. The molecule has 0 amide bonds. The Morgan fingerprint density at radius 1 is 1.53 bits per heavy atom. The number of pyridine rings is 1. The Kier molecular flexibility index (Phi) is 5.99. The van der Waals surface area contributed by atoms with Gasteiger partial charge in [0.25, 0.3) is 0 Å². The zero-order chi connectivity index (χ0) is 14.5. The first-order valence-corrected chi connectivity index (χ1v) is 7.62. The second-order valence-electron chi connectivity index (χ2n) is 3.77. The van der Waals surface area contributed by atoms with E-state index in [1.165, 1.54) is 23.6 Å². The van der Waals surface area contributed by atoms with Gasteiger partial charge in [0, 0.05) is 33.4 Å². The van der Waals surface area contributed by atoms with Crippen molar-refractivity contribution in [2.24, 2.45) is 0 Å². The maximum absolute atomic E-state index is 12.2. The molecule has 1 N–H and O–H groups in total. The number of rotatable bonds is 7. The molecule has 1 heterocycles. The Balaban J connectivity index is 2.90. The summed E-state index contributed by atoms with van der Waals surface area (Å²) in [6, 6.07) is 1.38. The molecule has 0 saturated carbocycles. The van der Waals surface area contributed by atoms with Crippen LogP contribution in [0.25, 0.3) is 0 Å². The fraction of sp³-hybridized carbons (Fsp3) is 0.545. The van der Waals surface area contributed by atoms with Crippen LogP contribution in [0.1, 0.15) is 6.92 Å². The Morgan fingerprint density at radius 2 is 2.21 bits per heavy atom. The maximum atomic E-state index is 12.2. The van der Waals surface area contributed by atoms with Crippen LogP contribution in [0.5, 0.6) is 0 Å². The number of hydrogen-bond acceptors (Lipinski definition) is 5. The number of likely N-dealkylation sites (N-methyl/N-ethyl adjacent to an activating group) is 1. The Bertz CT molecular complexity index is 522. The van der Waals surface area contributed by atoms with Crippen LogP contribution in [0.4, 0.5) is 5.82 Å². The van der Waals surface area contributed by atoms with Gasteiger partial charge >= 0.3 is 0 Å². The van der Waals surface area contributed by atoms with E-state index < -0.39 is 10.0 Å². The number of ether oxygens (including phenoxy) is 1. The SMILES string of the molecule is CCOCCN(C)S(=O)(=O)c1cnc(NC)c(Cl)c1. The fourth-order valence-electron chi connectivity index (χ4n) is 1.38. The number of nitrogens with zero attached hydrogens (tertiary/aromatic N) is 2. The average Bonchev–Trinajstić information content (AvgIpc) is 2.38. The van der Waals surface area contributed by atoms with Gasteiger partial charge < -0.3 is 10.1 Å². The number of nitrogens with one attached hydrogen (secondary N) is 1. The largest absolute Gasteiger partial charge is 0.380 e. The van der Waals surface area contributed by atoms with E-state index in [4.69, 9.17) is 16.3 Å². The minimum Gasteiger partial charge on any atom is -0.380 e. The van der Waals surface area contributed by atoms with Crippen LogP contribution >= 0.6 is 11.6 Å². The van der Waals surface area contributed by atoms with E-state index in [2.05, 4.69) is 10.3 Å². The summed E-state index contributed by atoms with van der Waals surface area (Å²) < 4.78 is 30.8. The van der Waals surface area contributed by atoms with Gasteiger partial charge in [0.2, 0.25) is 10.0 Å². The predicted molar refractivity (Wildman–Crippen MR) is 75.1 cm³/mol. The summed E-state index contributed by atoms with van der Waals surface area (Å²) in [7, 11) is -0.431. The summed E-state index contributed by atoms with van der Waals surface area (Å²) in [5, 5.41) is 3.04. The first-order valence-electron chi connectivity index (χ1n) is 5.80. The zero-order valence-electron chi connectivity index (χ0n) is 11.2. The standard InChI is InChI=1S/C11H18ClN3O3S/c1-4-18-6-5-15(3)19(16,17)9-7-10(12)11(13-2)14-8-9/h7-8H,4-6H2,1-3H3,(H,13,14). The summed E-state index contributed by atoms with van der Waals surface area (Å²) in [6.45, 7) is 3.04. The van der Waals surface area contributed by atoms with E-state index in [-0.39, 0.29) is 16.5 Å². The number of aromatic nitrogens is 1. The molecule has 0 spiro atoms. The van der Waals surface area contributed by atoms with Crippen molar-refractivity contribution in [3.05, 3.63) is 17.3 Å². The average molecular weight is 308 g/mol. The highest BCUT2D eigenvalue weighted by molar-refractivity contribution is 7.89. The molecule has 0 bridgehead atoms. The highest BCUT2D eigenvalue weighted by atomic mass is 35.5. The van der Waals surface area contributed by atoms with Crippen molar-refractivity contribution in [2.45, 2.75) is 11.8 Å². The smallest absolute Gasteiger partial charge is 0.244 e. The third-order valence-electron chi connectivity index (χ3n) is 2.52. The molecule has 1 rings (SSSR count). The third-order valence-corrected chi connectivity index (χ3v) is 4.63. The van der Waals surface area contributed by atoms with E-state index in [1.54, 1.807) is 7.05 Å². The van der Waals surface area contributed by atoms with Crippen molar-refractivity contribution >= 4 is 27.4 Å². The van der Waals surface area contributed by atoms with E-state index in [1.807, 2.05) is 6.92 Å². The second kappa shape index (κ2) is 7.04. The summed E-state index contributed by atoms with van der Waals surface area (Å²) >= 11 is 5.93. The fourth-order valence-corrected chi connectivity index (χ4v) is 2.84. The normalized spacial score (nSPS) is 11.8. The number of anilines is 1. The molecule has 1 aromatic rings. The number of sulfonamides is 1. The van der Waals surface area contributed by atoms with Gasteiger partial charge in [-0.15, -0.1) is 0 Å². The lowest BCUT2D eigenvalue weighted by Crippen LogP contribution is -2.30. The molecular formula is C11H18ClN3O3S. The molecule has 108 valence electrons. The molecule has 0 radical (unpaired) electrons. The molecule has 0 aromatic carbocycles. The van der Waals surface area contributed by atoms with Crippen LogP contribution < -0.4 is 5.32 Å². The van der Waals surface area contributed by atoms with Crippen LogP contribution in [0, 0.1) is 0 Å². The van der Waals surface area contributed by atoms with E-state index in [0.29, 0.717) is 19.0 Å². The van der Waals surface area contributed by atoms with Crippen LogP contribution in [0.15, 0.2) is 17.2 Å². The van der Waals surface area contributed by atoms with Crippen molar-refractivity contribution in [3.63, 3.8) is 0 Å². The molecular weight excluding hydrogens is 290 g/mol. The minimum atomic E-state index is -3.59. The predicted octanol–water partition coefficient (Wildman–Crippen LogP) is 1.43. The molecule has 0 saturated heterocycles. The lowest BCUT2D eigenvalue weighted by Gasteiger charge is -2.17. The summed E-state index contributed by atoms with van der Waals surface area (Å²) in [5.74, 6) is 0.442. The van der Waals surface area contributed by atoms with Gasteiger partial charge in [-0.3, -0.25) is 0 Å². The van der Waals surface area contributed by atoms with Gasteiger partial charge in [-0.05, 0) is 13.0 Å². The molecule has 0 aliphatic heterocycles. The highest BCUT2D eigenvalue weighted by Crippen LogP contribution is 2.23. The first kappa shape index (κ1) is 16.2. The number of halogens is 1. The van der Waals surface area contributed by atoms with E-state index in [0.717, 1.165) is 0 Å². The molecule has 0 unspecified atom stereocenters. The van der Waals surface area contributed by atoms with Crippen LogP contribution in [-0.4, -0.2) is 51.6 Å². The summed E-state index contributed by atoms with van der Waals surface area (Å²) in [4.78, 5) is 4.03. The van der Waals surface area contributed by atoms with E-state index >= 15 is 0 Å². The highest BCUT2D eigenvalue weighted by Gasteiger charge is 2.21. The van der Waals surface area contributed by atoms with Gasteiger partial charge in [0.1, 0.15) is 10.7 Å². The van der Waals surface area contributed by atoms with Crippen molar-refractivity contribution in [1.29, 1.82) is 0 Å². The molecule has 19 heavy (non-hydrogen) atoms. The molecule has 0 aliphatic carbocycles. The second-order valence-corrected chi connectivity index (χ2v) is 6.23. The van der Waals surface area contributed by atoms with Crippen LogP contribution in [0.3, 0.4) is 0 Å². The van der Waals surface area contributed by atoms with E-state index in [9.17, 15) is 8.42 Å². The van der Waals surface area contributed by atoms with Gasteiger partial charge in [-0.2, -0.15) is 4.31 Å². The van der Waals surface area contributed by atoms with Crippen LogP contribution in [-0.2, 0) is 14.8 Å². The molecule has 8 heteroatoms. The molecule has 0 fully saturated rings. The van der Waals surface area contributed by atoms with Gasteiger partial charge in [0.15, 0.2) is 0 Å². The molecule has 0 atom stereocenters. The maximum Gasteiger partial charge on any atom is 0.244 e. The lowest BCUT2D eigenvalue weighted by atomic mass is 10.4. The topological polar surface area (TPSA) is 71.5 Å². The molecule has 6 nitrogen and oxygen atoms in total. The monoisotopic (exact) mass is 307 g/mol. The molecule has 1 aromatic heterocycles. The Morgan fingerprint density at radius 3 is 2.74 bits per heavy atom. The summed E-state index contributed by atoms with van der Waals surface area (Å²) in [5.41, 5.74) is 0. The van der Waals surface area contributed by atoms with Crippen molar-refractivity contribution in [1.82, 2.24) is 9.29 Å².